The molecule has 0 N–H and O–H groups in total. The van der Waals surface area contributed by atoms with Crippen LogP contribution in [0, 0.1) is 5.82 Å². The van der Waals surface area contributed by atoms with Gasteiger partial charge in [0.25, 0.3) is 0 Å². The van der Waals surface area contributed by atoms with Gasteiger partial charge in [-0.3, -0.25) is 4.79 Å². The molecule has 0 spiro atoms. The van der Waals surface area contributed by atoms with Gasteiger partial charge < -0.3 is 0 Å². The number of carbonyl (C=O) groups is 1. The summed E-state index contributed by atoms with van der Waals surface area (Å²) in [6.45, 7) is 0. The standard InChI is InChI=1S/C11H6F4N2O/c12-8-3-1-2-4-9(8)17-10(11(13,14)15)7(6-18)5-16-17/h1-6H. The molecule has 0 atom stereocenters. The highest BCUT2D eigenvalue weighted by atomic mass is 19.4. The molecule has 0 bridgehead atoms. The third-order valence-electron chi connectivity index (χ3n) is 2.27. The molecular weight excluding hydrogens is 252 g/mol. The molecule has 0 saturated carbocycles. The number of nitrogens with zero attached hydrogens (tertiary/aromatic N) is 2. The lowest BCUT2D eigenvalue weighted by molar-refractivity contribution is -0.143. The number of hydrogen-bond acceptors (Lipinski definition) is 2. The van der Waals surface area contributed by atoms with Crippen molar-refractivity contribution in [1.29, 1.82) is 0 Å². The number of carbonyl (C=O) groups excluding carboxylic acids is 1. The third-order valence-corrected chi connectivity index (χ3v) is 2.27. The number of aromatic nitrogens is 2. The smallest absolute Gasteiger partial charge is 0.298 e. The molecule has 2 rings (SSSR count). The molecule has 0 amide bonds. The monoisotopic (exact) mass is 258 g/mol. The third kappa shape index (κ3) is 1.99. The fraction of sp³-hybridized carbons (Fsp3) is 0.0909. The number of halogens is 4. The highest BCUT2D eigenvalue weighted by molar-refractivity contribution is 5.76. The molecule has 18 heavy (non-hydrogen) atoms. The summed E-state index contributed by atoms with van der Waals surface area (Å²) >= 11 is 0. The van der Waals surface area contributed by atoms with Crippen molar-refractivity contribution in [2.45, 2.75) is 6.18 Å². The van der Waals surface area contributed by atoms with Gasteiger partial charge in [-0.25, -0.2) is 9.07 Å². The minimum absolute atomic E-state index is 0.0349. The molecule has 0 radical (unpaired) electrons. The van der Waals surface area contributed by atoms with Crippen LogP contribution in [0.15, 0.2) is 30.5 Å². The van der Waals surface area contributed by atoms with Crippen LogP contribution in [0.25, 0.3) is 5.69 Å². The molecule has 3 nitrogen and oxygen atoms in total. The van der Waals surface area contributed by atoms with Crippen LogP contribution in [0.5, 0.6) is 0 Å². The molecule has 0 fully saturated rings. The van der Waals surface area contributed by atoms with Crippen LogP contribution in [-0.4, -0.2) is 16.1 Å². The molecule has 1 aromatic carbocycles. The van der Waals surface area contributed by atoms with E-state index in [0.717, 1.165) is 18.3 Å². The van der Waals surface area contributed by atoms with E-state index in [2.05, 4.69) is 5.10 Å². The predicted molar refractivity (Wildman–Crippen MR) is 53.9 cm³/mol. The average molecular weight is 258 g/mol. The Morgan fingerprint density at radius 3 is 2.44 bits per heavy atom. The van der Waals surface area contributed by atoms with Gasteiger partial charge in [0.05, 0.1) is 11.8 Å². The Morgan fingerprint density at radius 1 is 1.22 bits per heavy atom. The minimum atomic E-state index is -4.80. The van der Waals surface area contributed by atoms with E-state index in [0.29, 0.717) is 4.68 Å². The fourth-order valence-electron chi connectivity index (χ4n) is 1.54. The summed E-state index contributed by atoms with van der Waals surface area (Å²) in [5.41, 5.74) is -2.29. The molecule has 0 saturated heterocycles. The fourth-order valence-corrected chi connectivity index (χ4v) is 1.54. The second-order valence-corrected chi connectivity index (χ2v) is 3.43. The van der Waals surface area contributed by atoms with E-state index in [9.17, 15) is 22.4 Å². The summed E-state index contributed by atoms with van der Waals surface area (Å²) in [5.74, 6) is -0.858. The van der Waals surface area contributed by atoms with Crippen molar-refractivity contribution in [3.8, 4) is 5.69 Å². The highest BCUT2D eigenvalue weighted by Gasteiger charge is 2.38. The number of benzene rings is 1. The van der Waals surface area contributed by atoms with E-state index < -0.39 is 23.3 Å². The summed E-state index contributed by atoms with van der Waals surface area (Å²) in [7, 11) is 0. The van der Waals surface area contributed by atoms with Crippen molar-refractivity contribution >= 4 is 6.29 Å². The van der Waals surface area contributed by atoms with Gasteiger partial charge in [0, 0.05) is 0 Å². The van der Waals surface area contributed by atoms with E-state index in [-0.39, 0.29) is 12.0 Å². The zero-order valence-electron chi connectivity index (χ0n) is 8.78. The summed E-state index contributed by atoms with van der Waals surface area (Å²) in [6, 6.07) is 4.88. The SMILES string of the molecule is O=Cc1cnn(-c2ccccc2F)c1C(F)(F)F. The van der Waals surface area contributed by atoms with Crippen LogP contribution in [0.1, 0.15) is 16.1 Å². The lowest BCUT2D eigenvalue weighted by Crippen LogP contribution is -2.16. The van der Waals surface area contributed by atoms with Crippen LogP contribution < -0.4 is 0 Å². The zero-order chi connectivity index (χ0) is 13.3. The van der Waals surface area contributed by atoms with Crippen molar-refractivity contribution in [1.82, 2.24) is 9.78 Å². The topological polar surface area (TPSA) is 34.9 Å². The molecule has 94 valence electrons. The van der Waals surface area contributed by atoms with Crippen LogP contribution in [0.4, 0.5) is 17.6 Å². The highest BCUT2D eigenvalue weighted by Crippen LogP contribution is 2.33. The molecule has 7 heteroatoms. The van der Waals surface area contributed by atoms with Gasteiger partial charge in [0.15, 0.2) is 12.0 Å². The molecule has 0 aliphatic carbocycles. The van der Waals surface area contributed by atoms with Gasteiger partial charge in [-0.2, -0.15) is 18.3 Å². The lowest BCUT2D eigenvalue weighted by Gasteiger charge is -2.11. The normalized spacial score (nSPS) is 11.6. The van der Waals surface area contributed by atoms with Gasteiger partial charge >= 0.3 is 6.18 Å². The largest absolute Gasteiger partial charge is 0.434 e. The van der Waals surface area contributed by atoms with E-state index >= 15 is 0 Å². The Bertz CT molecular complexity index is 589. The molecule has 1 heterocycles. The van der Waals surface area contributed by atoms with Crippen molar-refractivity contribution < 1.29 is 22.4 Å². The molecular formula is C11H6F4N2O. The first-order valence-corrected chi connectivity index (χ1v) is 4.80. The predicted octanol–water partition coefficient (Wildman–Crippen LogP) is 2.84. The van der Waals surface area contributed by atoms with Gasteiger partial charge in [0.1, 0.15) is 11.5 Å². The lowest BCUT2D eigenvalue weighted by atomic mass is 10.2. The summed E-state index contributed by atoms with van der Waals surface area (Å²) in [4.78, 5) is 10.6. The molecule has 2 aromatic rings. The Balaban J connectivity index is 2.70. The first kappa shape index (κ1) is 12.3. The van der Waals surface area contributed by atoms with Crippen molar-refractivity contribution in [3.63, 3.8) is 0 Å². The molecule has 1 aromatic heterocycles. The van der Waals surface area contributed by atoms with Crippen molar-refractivity contribution in [2.24, 2.45) is 0 Å². The zero-order valence-corrected chi connectivity index (χ0v) is 8.78. The summed E-state index contributed by atoms with van der Waals surface area (Å²) < 4.78 is 52.2. The number of alkyl halides is 3. The van der Waals surface area contributed by atoms with E-state index in [1.165, 1.54) is 12.1 Å². The first-order valence-electron chi connectivity index (χ1n) is 4.80. The number of para-hydroxylation sites is 1. The van der Waals surface area contributed by atoms with Gasteiger partial charge in [0.2, 0.25) is 0 Å². The van der Waals surface area contributed by atoms with E-state index in [1.807, 2.05) is 0 Å². The quantitative estimate of drug-likeness (QED) is 0.613. The van der Waals surface area contributed by atoms with Crippen LogP contribution >= 0.6 is 0 Å². The first-order chi connectivity index (χ1) is 8.45. The molecule has 0 unspecified atom stereocenters. The maximum Gasteiger partial charge on any atom is 0.434 e. The molecule has 0 aliphatic heterocycles. The van der Waals surface area contributed by atoms with Gasteiger partial charge in [-0.05, 0) is 12.1 Å². The maximum absolute atomic E-state index is 13.4. The summed E-state index contributed by atoms with van der Waals surface area (Å²) in [5, 5.41) is 3.41. The average Bonchev–Trinajstić information content (AvgIpc) is 2.73. The molecule has 0 aliphatic rings. The summed E-state index contributed by atoms with van der Waals surface area (Å²) in [6.07, 6.45) is -4.01. The van der Waals surface area contributed by atoms with Gasteiger partial charge in [-0.15, -0.1) is 0 Å². The number of rotatable bonds is 2. The van der Waals surface area contributed by atoms with E-state index in [4.69, 9.17) is 0 Å². The second kappa shape index (κ2) is 4.25. The van der Waals surface area contributed by atoms with Crippen LogP contribution in [0.2, 0.25) is 0 Å². The van der Waals surface area contributed by atoms with Crippen molar-refractivity contribution in [2.75, 3.05) is 0 Å². The van der Waals surface area contributed by atoms with E-state index in [1.54, 1.807) is 0 Å². The Morgan fingerprint density at radius 2 is 1.89 bits per heavy atom. The van der Waals surface area contributed by atoms with Crippen molar-refractivity contribution in [3.05, 3.63) is 47.5 Å². The maximum atomic E-state index is 13.4. The second-order valence-electron chi connectivity index (χ2n) is 3.43. The Hall–Kier alpha value is -2.18. The Kier molecular flexibility index (Phi) is 2.90. The minimum Gasteiger partial charge on any atom is -0.298 e. The Labute approximate surface area is 98.6 Å². The van der Waals surface area contributed by atoms with Gasteiger partial charge in [-0.1, -0.05) is 12.1 Å². The number of hydrogen-bond donors (Lipinski definition) is 0. The van der Waals surface area contributed by atoms with Crippen LogP contribution in [-0.2, 0) is 6.18 Å². The number of aldehydes is 1. The van der Waals surface area contributed by atoms with Crippen LogP contribution in [0.3, 0.4) is 0 Å².